The van der Waals surface area contributed by atoms with Crippen LogP contribution in [0, 0.1) is 5.92 Å². The first-order valence-corrected chi connectivity index (χ1v) is 9.99. The molecule has 1 aliphatic heterocycles. The van der Waals surface area contributed by atoms with E-state index in [2.05, 4.69) is 10.3 Å². The number of ether oxygens (including phenoxy) is 2. The first kappa shape index (κ1) is 17.3. The summed E-state index contributed by atoms with van der Waals surface area (Å²) in [5.74, 6) is 1.72. The summed E-state index contributed by atoms with van der Waals surface area (Å²) in [6.07, 6.45) is 4.41. The Kier molecular flexibility index (Phi) is 5.08. The summed E-state index contributed by atoms with van der Waals surface area (Å²) in [6.45, 7) is 1.73. The highest BCUT2D eigenvalue weighted by atomic mass is 32.1. The van der Waals surface area contributed by atoms with Crippen LogP contribution in [0.2, 0.25) is 0 Å². The van der Waals surface area contributed by atoms with Crippen molar-refractivity contribution in [2.24, 2.45) is 11.7 Å². The van der Waals surface area contributed by atoms with Crippen LogP contribution in [0.1, 0.15) is 36.2 Å². The third kappa shape index (κ3) is 3.54. The van der Waals surface area contributed by atoms with Gasteiger partial charge in [-0.05, 0) is 43.5 Å². The molecule has 0 radical (unpaired) electrons. The molecule has 4 rings (SSSR count). The number of hydrogen-bond donors (Lipinski definition) is 2. The number of nitrogens with one attached hydrogen (secondary N) is 1. The molecular weight excluding hydrogens is 350 g/mol. The van der Waals surface area contributed by atoms with Crippen molar-refractivity contribution >= 4 is 17.2 Å². The number of thiazole rings is 1. The average molecular weight is 373 g/mol. The van der Waals surface area contributed by atoms with E-state index in [0.29, 0.717) is 31.4 Å². The SMILES string of the molecule is NCC1CCCCC1NC(=O)c1csc(-c2ccc3c(c2)OCCO3)n1. The molecular formula is C19H23N3O3S. The van der Waals surface area contributed by atoms with E-state index in [9.17, 15) is 4.79 Å². The number of amides is 1. The lowest BCUT2D eigenvalue weighted by Gasteiger charge is -2.31. The Hall–Kier alpha value is -2.12. The van der Waals surface area contributed by atoms with Crippen LogP contribution in [0.3, 0.4) is 0 Å². The molecule has 138 valence electrons. The second-order valence-electron chi connectivity index (χ2n) is 6.76. The second-order valence-corrected chi connectivity index (χ2v) is 7.61. The fourth-order valence-corrected chi connectivity index (χ4v) is 4.41. The Morgan fingerprint density at radius 2 is 2.04 bits per heavy atom. The lowest BCUT2D eigenvalue weighted by Crippen LogP contribution is -2.44. The van der Waals surface area contributed by atoms with Crippen LogP contribution in [-0.2, 0) is 0 Å². The van der Waals surface area contributed by atoms with Gasteiger partial charge in [-0.3, -0.25) is 4.79 Å². The zero-order valence-corrected chi connectivity index (χ0v) is 15.4. The van der Waals surface area contributed by atoms with Gasteiger partial charge in [-0.25, -0.2) is 4.98 Å². The van der Waals surface area contributed by atoms with E-state index >= 15 is 0 Å². The van der Waals surface area contributed by atoms with Crippen molar-refractivity contribution in [3.05, 3.63) is 29.3 Å². The number of carbonyl (C=O) groups excluding carboxylic acids is 1. The Morgan fingerprint density at radius 1 is 1.23 bits per heavy atom. The third-order valence-electron chi connectivity index (χ3n) is 5.05. The average Bonchev–Trinajstić information content (AvgIpc) is 3.18. The Labute approximate surface area is 156 Å². The molecule has 2 aliphatic rings. The molecule has 2 unspecified atom stereocenters. The van der Waals surface area contributed by atoms with Crippen LogP contribution in [-0.4, -0.2) is 36.7 Å². The zero-order valence-electron chi connectivity index (χ0n) is 14.6. The number of nitrogens with two attached hydrogens (primary N) is 1. The fraction of sp³-hybridized carbons (Fsp3) is 0.474. The minimum atomic E-state index is -0.115. The molecule has 3 N–H and O–H groups in total. The quantitative estimate of drug-likeness (QED) is 0.861. The summed E-state index contributed by atoms with van der Waals surface area (Å²) in [6, 6.07) is 5.90. The van der Waals surface area contributed by atoms with Gasteiger partial charge in [0, 0.05) is 17.0 Å². The van der Waals surface area contributed by atoms with E-state index in [1.54, 1.807) is 0 Å². The van der Waals surface area contributed by atoms with Crippen LogP contribution in [0.5, 0.6) is 11.5 Å². The molecule has 1 aromatic carbocycles. The largest absolute Gasteiger partial charge is 0.486 e. The maximum absolute atomic E-state index is 12.6. The van der Waals surface area contributed by atoms with E-state index in [4.69, 9.17) is 15.2 Å². The Balaban J connectivity index is 1.48. The van der Waals surface area contributed by atoms with E-state index in [-0.39, 0.29) is 11.9 Å². The first-order valence-electron chi connectivity index (χ1n) is 9.11. The van der Waals surface area contributed by atoms with Crippen LogP contribution >= 0.6 is 11.3 Å². The summed E-state index contributed by atoms with van der Waals surface area (Å²) < 4.78 is 11.2. The van der Waals surface area contributed by atoms with Crippen LogP contribution in [0.4, 0.5) is 0 Å². The van der Waals surface area contributed by atoms with Crippen molar-refractivity contribution in [2.45, 2.75) is 31.7 Å². The summed E-state index contributed by atoms with van der Waals surface area (Å²) in [5, 5.41) is 5.74. The molecule has 6 nitrogen and oxygen atoms in total. The molecule has 1 aliphatic carbocycles. The maximum Gasteiger partial charge on any atom is 0.271 e. The number of fused-ring (bicyclic) bond motifs is 1. The van der Waals surface area contributed by atoms with E-state index in [1.165, 1.54) is 17.8 Å². The molecule has 1 aromatic heterocycles. The molecule has 26 heavy (non-hydrogen) atoms. The van der Waals surface area contributed by atoms with Gasteiger partial charge >= 0.3 is 0 Å². The van der Waals surface area contributed by atoms with Crippen molar-refractivity contribution in [3.63, 3.8) is 0 Å². The van der Waals surface area contributed by atoms with Crippen LogP contribution in [0.25, 0.3) is 10.6 Å². The maximum atomic E-state index is 12.6. The molecule has 7 heteroatoms. The Bertz CT molecular complexity index is 792. The van der Waals surface area contributed by atoms with Crippen molar-refractivity contribution in [1.82, 2.24) is 10.3 Å². The molecule has 0 spiro atoms. The highest BCUT2D eigenvalue weighted by Crippen LogP contribution is 2.35. The van der Waals surface area contributed by atoms with Crippen LogP contribution in [0.15, 0.2) is 23.6 Å². The van der Waals surface area contributed by atoms with Crippen molar-refractivity contribution < 1.29 is 14.3 Å². The minimum absolute atomic E-state index is 0.115. The number of hydrogen-bond acceptors (Lipinski definition) is 6. The lowest BCUT2D eigenvalue weighted by molar-refractivity contribution is 0.0903. The number of nitrogens with zero attached hydrogens (tertiary/aromatic N) is 1. The number of rotatable bonds is 4. The van der Waals surface area contributed by atoms with Gasteiger partial charge in [0.05, 0.1) is 0 Å². The molecule has 0 bridgehead atoms. The Morgan fingerprint density at radius 3 is 2.88 bits per heavy atom. The van der Waals surface area contributed by atoms with Gasteiger partial charge in [0.2, 0.25) is 0 Å². The molecule has 1 fully saturated rings. The van der Waals surface area contributed by atoms with E-state index < -0.39 is 0 Å². The van der Waals surface area contributed by atoms with Crippen molar-refractivity contribution in [1.29, 1.82) is 0 Å². The predicted molar refractivity (Wildman–Crippen MR) is 101 cm³/mol. The molecule has 0 saturated heterocycles. The molecule has 2 atom stereocenters. The molecule has 2 heterocycles. The van der Waals surface area contributed by atoms with Gasteiger partial charge in [-0.2, -0.15) is 0 Å². The smallest absolute Gasteiger partial charge is 0.271 e. The first-order chi connectivity index (χ1) is 12.7. The van der Waals surface area contributed by atoms with E-state index in [0.717, 1.165) is 41.3 Å². The van der Waals surface area contributed by atoms with Crippen LogP contribution < -0.4 is 20.5 Å². The summed E-state index contributed by atoms with van der Waals surface area (Å²) in [4.78, 5) is 17.1. The van der Waals surface area contributed by atoms with Gasteiger partial charge in [0.15, 0.2) is 11.5 Å². The third-order valence-corrected chi connectivity index (χ3v) is 5.95. The lowest BCUT2D eigenvalue weighted by atomic mass is 9.84. The highest BCUT2D eigenvalue weighted by Gasteiger charge is 2.26. The topological polar surface area (TPSA) is 86.5 Å². The molecule has 1 saturated carbocycles. The number of carbonyl (C=O) groups is 1. The zero-order chi connectivity index (χ0) is 17.9. The van der Waals surface area contributed by atoms with Gasteiger partial charge in [0.25, 0.3) is 5.91 Å². The van der Waals surface area contributed by atoms with Gasteiger partial charge in [-0.15, -0.1) is 11.3 Å². The van der Waals surface area contributed by atoms with Gasteiger partial charge in [-0.1, -0.05) is 12.8 Å². The minimum Gasteiger partial charge on any atom is -0.486 e. The van der Waals surface area contributed by atoms with Gasteiger partial charge < -0.3 is 20.5 Å². The fourth-order valence-electron chi connectivity index (χ4n) is 3.61. The summed E-state index contributed by atoms with van der Waals surface area (Å²) in [5.41, 5.74) is 7.24. The summed E-state index contributed by atoms with van der Waals surface area (Å²) >= 11 is 1.46. The highest BCUT2D eigenvalue weighted by molar-refractivity contribution is 7.13. The number of aromatic nitrogens is 1. The predicted octanol–water partition coefficient (Wildman–Crippen LogP) is 2.83. The summed E-state index contributed by atoms with van der Waals surface area (Å²) in [7, 11) is 0. The van der Waals surface area contributed by atoms with Gasteiger partial charge in [0.1, 0.15) is 23.9 Å². The van der Waals surface area contributed by atoms with Crippen molar-refractivity contribution in [2.75, 3.05) is 19.8 Å². The second kappa shape index (κ2) is 7.63. The number of benzene rings is 1. The van der Waals surface area contributed by atoms with Crippen molar-refractivity contribution in [3.8, 4) is 22.1 Å². The standard InChI is InChI=1S/C19H23N3O3S/c20-10-13-3-1-2-4-14(13)21-18(23)15-11-26-19(22-15)12-5-6-16-17(9-12)25-8-7-24-16/h5-6,9,11,13-14H,1-4,7-8,10,20H2,(H,21,23). The molecule has 2 aromatic rings. The van der Waals surface area contributed by atoms with E-state index in [1.807, 2.05) is 23.6 Å². The molecule has 1 amide bonds. The normalized spacial score (nSPS) is 22.0. The monoisotopic (exact) mass is 373 g/mol.